The van der Waals surface area contributed by atoms with E-state index < -0.39 is 0 Å². The van der Waals surface area contributed by atoms with Crippen molar-refractivity contribution in [2.45, 2.75) is 50.7 Å². The topological polar surface area (TPSA) is 37.8 Å². The van der Waals surface area contributed by atoms with Crippen molar-refractivity contribution in [1.82, 2.24) is 15.3 Å². The summed E-state index contributed by atoms with van der Waals surface area (Å²) in [5.74, 6) is 1.98. The lowest BCUT2D eigenvalue weighted by atomic mass is 9.87. The molecular formula is C14H23N3S. The summed E-state index contributed by atoms with van der Waals surface area (Å²) in [7, 11) is 0. The zero-order valence-corrected chi connectivity index (χ0v) is 12.2. The van der Waals surface area contributed by atoms with Crippen molar-refractivity contribution >= 4 is 11.8 Å². The molecule has 4 heteroatoms. The number of aromatic nitrogens is 2. The summed E-state index contributed by atoms with van der Waals surface area (Å²) in [6.07, 6.45) is 9.20. The molecule has 1 aliphatic rings. The van der Waals surface area contributed by atoms with Gasteiger partial charge in [0.25, 0.3) is 0 Å². The molecule has 18 heavy (non-hydrogen) atoms. The molecule has 0 aromatic carbocycles. The van der Waals surface area contributed by atoms with E-state index in [2.05, 4.69) is 22.2 Å². The molecule has 0 spiro atoms. The van der Waals surface area contributed by atoms with Crippen LogP contribution in [0.25, 0.3) is 0 Å². The second-order valence-corrected chi connectivity index (χ2v) is 6.36. The maximum Gasteiger partial charge on any atom is 0.187 e. The van der Waals surface area contributed by atoms with Crippen LogP contribution < -0.4 is 5.32 Å². The molecule has 1 heterocycles. The van der Waals surface area contributed by atoms with E-state index in [4.69, 9.17) is 0 Å². The van der Waals surface area contributed by atoms with E-state index in [0.29, 0.717) is 0 Å². The zero-order chi connectivity index (χ0) is 12.8. The Balaban J connectivity index is 1.60. The number of nitrogens with zero attached hydrogens (tertiary/aromatic N) is 2. The molecule has 2 rings (SSSR count). The monoisotopic (exact) mass is 265 g/mol. The van der Waals surface area contributed by atoms with Crippen molar-refractivity contribution in [2.24, 2.45) is 5.92 Å². The average molecular weight is 265 g/mol. The Labute approximate surface area is 114 Å². The molecule has 0 radical (unpaired) electrons. The molecule has 1 saturated carbocycles. The molecule has 1 aromatic heterocycles. The van der Waals surface area contributed by atoms with Crippen LogP contribution in [0, 0.1) is 12.8 Å². The Bertz CT molecular complexity index is 345. The number of nitrogens with one attached hydrogen (secondary N) is 1. The van der Waals surface area contributed by atoms with Crippen molar-refractivity contribution in [1.29, 1.82) is 0 Å². The second kappa shape index (κ2) is 7.10. The van der Waals surface area contributed by atoms with Gasteiger partial charge in [-0.05, 0) is 44.1 Å². The Morgan fingerprint density at radius 1 is 1.22 bits per heavy atom. The van der Waals surface area contributed by atoms with Gasteiger partial charge in [0, 0.05) is 30.7 Å². The van der Waals surface area contributed by atoms with Gasteiger partial charge in [-0.15, -0.1) is 0 Å². The van der Waals surface area contributed by atoms with Crippen molar-refractivity contribution < 1.29 is 0 Å². The third-order valence-electron chi connectivity index (χ3n) is 3.54. The predicted molar refractivity (Wildman–Crippen MR) is 76.9 cm³/mol. The molecule has 3 nitrogen and oxygen atoms in total. The molecule has 0 amide bonds. The maximum absolute atomic E-state index is 4.30. The molecule has 0 bridgehead atoms. The molecule has 0 unspecified atom stereocenters. The summed E-state index contributed by atoms with van der Waals surface area (Å²) in [6, 6.07) is 0.737. The molecule has 1 aromatic rings. The molecule has 0 atom stereocenters. The molecular weight excluding hydrogens is 242 g/mol. The van der Waals surface area contributed by atoms with E-state index in [0.717, 1.165) is 35.0 Å². The molecule has 0 aliphatic heterocycles. The Hall–Kier alpha value is -0.610. The van der Waals surface area contributed by atoms with Gasteiger partial charge in [-0.25, -0.2) is 9.97 Å². The number of hydrogen-bond donors (Lipinski definition) is 1. The molecule has 1 fully saturated rings. The lowest BCUT2D eigenvalue weighted by Gasteiger charge is -2.26. The largest absolute Gasteiger partial charge is 0.313 e. The average Bonchev–Trinajstić information content (AvgIpc) is 2.39. The predicted octanol–water partition coefficient (Wildman–Crippen LogP) is 3.05. The van der Waals surface area contributed by atoms with Gasteiger partial charge in [0.2, 0.25) is 0 Å². The van der Waals surface area contributed by atoms with Crippen LogP contribution in [0.2, 0.25) is 0 Å². The fourth-order valence-corrected chi connectivity index (χ4v) is 2.98. The zero-order valence-electron chi connectivity index (χ0n) is 11.4. The van der Waals surface area contributed by atoms with Crippen LogP contribution in [0.4, 0.5) is 0 Å². The van der Waals surface area contributed by atoms with Crippen LogP contribution in [-0.2, 0) is 0 Å². The van der Waals surface area contributed by atoms with Gasteiger partial charge in [-0.2, -0.15) is 0 Å². The minimum Gasteiger partial charge on any atom is -0.313 e. The molecule has 0 saturated heterocycles. The summed E-state index contributed by atoms with van der Waals surface area (Å²) < 4.78 is 0. The van der Waals surface area contributed by atoms with E-state index in [1.807, 2.05) is 19.3 Å². The standard InChI is InChI=1S/C14H23N3S/c1-11-3-5-13(6-4-11)15-7-8-18-14-16-9-12(2)10-17-14/h9-11,13,15H,3-8H2,1-2H3. The van der Waals surface area contributed by atoms with Crippen molar-refractivity contribution in [3.8, 4) is 0 Å². The SMILES string of the molecule is Cc1cnc(SCCNC2CCC(C)CC2)nc1. The van der Waals surface area contributed by atoms with Gasteiger partial charge in [0.05, 0.1) is 0 Å². The van der Waals surface area contributed by atoms with Crippen LogP contribution in [0.15, 0.2) is 17.6 Å². The minimum atomic E-state index is 0.737. The first-order chi connectivity index (χ1) is 8.74. The smallest absolute Gasteiger partial charge is 0.187 e. The highest BCUT2D eigenvalue weighted by Gasteiger charge is 2.17. The van der Waals surface area contributed by atoms with Gasteiger partial charge < -0.3 is 5.32 Å². The Morgan fingerprint density at radius 3 is 2.56 bits per heavy atom. The summed E-state index contributed by atoms with van der Waals surface area (Å²) in [5.41, 5.74) is 1.12. The summed E-state index contributed by atoms with van der Waals surface area (Å²) in [5, 5.41) is 4.54. The highest BCUT2D eigenvalue weighted by Crippen LogP contribution is 2.23. The lowest BCUT2D eigenvalue weighted by Crippen LogP contribution is -2.34. The van der Waals surface area contributed by atoms with Crippen LogP contribution in [0.3, 0.4) is 0 Å². The normalized spacial score (nSPS) is 24.1. The van der Waals surface area contributed by atoms with Gasteiger partial charge in [0.15, 0.2) is 5.16 Å². The summed E-state index contributed by atoms with van der Waals surface area (Å²) >= 11 is 1.73. The fourth-order valence-electron chi connectivity index (χ4n) is 2.32. The molecule has 100 valence electrons. The Kier molecular flexibility index (Phi) is 5.45. The number of hydrogen-bond acceptors (Lipinski definition) is 4. The van der Waals surface area contributed by atoms with Crippen LogP contribution >= 0.6 is 11.8 Å². The number of thioether (sulfide) groups is 1. The van der Waals surface area contributed by atoms with E-state index in [1.54, 1.807) is 11.8 Å². The van der Waals surface area contributed by atoms with E-state index in [-0.39, 0.29) is 0 Å². The first-order valence-corrected chi connectivity index (χ1v) is 7.87. The highest BCUT2D eigenvalue weighted by atomic mass is 32.2. The Morgan fingerprint density at radius 2 is 1.89 bits per heavy atom. The first-order valence-electron chi connectivity index (χ1n) is 6.89. The number of rotatable bonds is 5. The second-order valence-electron chi connectivity index (χ2n) is 5.30. The fraction of sp³-hybridized carbons (Fsp3) is 0.714. The van der Waals surface area contributed by atoms with E-state index in [1.165, 1.54) is 25.7 Å². The van der Waals surface area contributed by atoms with Gasteiger partial charge >= 0.3 is 0 Å². The van der Waals surface area contributed by atoms with Crippen LogP contribution in [-0.4, -0.2) is 28.3 Å². The van der Waals surface area contributed by atoms with E-state index in [9.17, 15) is 0 Å². The first kappa shape index (κ1) is 13.8. The lowest BCUT2D eigenvalue weighted by molar-refractivity contribution is 0.312. The van der Waals surface area contributed by atoms with Crippen molar-refractivity contribution in [2.75, 3.05) is 12.3 Å². The van der Waals surface area contributed by atoms with Gasteiger partial charge in [-0.3, -0.25) is 0 Å². The van der Waals surface area contributed by atoms with Crippen molar-refractivity contribution in [3.63, 3.8) is 0 Å². The highest BCUT2D eigenvalue weighted by molar-refractivity contribution is 7.99. The third-order valence-corrected chi connectivity index (χ3v) is 4.42. The summed E-state index contributed by atoms with van der Waals surface area (Å²) in [4.78, 5) is 8.59. The van der Waals surface area contributed by atoms with Crippen molar-refractivity contribution in [3.05, 3.63) is 18.0 Å². The summed E-state index contributed by atoms with van der Waals surface area (Å²) in [6.45, 7) is 5.43. The molecule has 1 aliphatic carbocycles. The van der Waals surface area contributed by atoms with E-state index >= 15 is 0 Å². The van der Waals surface area contributed by atoms with Crippen LogP contribution in [0.5, 0.6) is 0 Å². The van der Waals surface area contributed by atoms with Crippen LogP contribution in [0.1, 0.15) is 38.2 Å². The third kappa shape index (κ3) is 4.58. The quantitative estimate of drug-likeness (QED) is 0.504. The molecule has 1 N–H and O–H groups in total. The number of aryl methyl sites for hydroxylation is 1. The maximum atomic E-state index is 4.30. The van der Waals surface area contributed by atoms with Gasteiger partial charge in [0.1, 0.15) is 0 Å². The minimum absolute atomic E-state index is 0.737. The van der Waals surface area contributed by atoms with Gasteiger partial charge in [-0.1, -0.05) is 18.7 Å².